The Morgan fingerprint density at radius 1 is 0.882 bits per heavy atom. The standard InChI is InChI=1S/C14H18O.C12H12.C3H8.C2H6.CH5N/c1-5-12(9-15)14-8-13(10(2)3)7-6-11(14)4;1-2-10-7-8-11-5-3-4-6-12(11)9-10;1-3-2;2*1-2/h5-10H,1-4H3;3-9H,2H2,1H3;3H2,1-2H3;1-2H3;2H2,1H3/b12-5-;;;;. The van der Waals surface area contributed by atoms with E-state index in [0.717, 1.165) is 29.4 Å². The van der Waals surface area contributed by atoms with Crippen LogP contribution in [0.5, 0.6) is 0 Å². The van der Waals surface area contributed by atoms with Gasteiger partial charge in [-0.15, -0.1) is 0 Å². The van der Waals surface area contributed by atoms with E-state index < -0.39 is 0 Å². The maximum absolute atomic E-state index is 10.9. The van der Waals surface area contributed by atoms with E-state index in [1.165, 1.54) is 35.4 Å². The number of allylic oxidation sites excluding steroid dienone is 2. The molecule has 0 spiro atoms. The molecule has 0 heterocycles. The maximum atomic E-state index is 10.9. The number of carbonyl (C=O) groups excluding carboxylic acids is 1. The first-order valence-corrected chi connectivity index (χ1v) is 12.7. The van der Waals surface area contributed by atoms with Gasteiger partial charge in [-0.2, -0.15) is 0 Å². The second kappa shape index (κ2) is 20.9. The molecule has 2 heteroatoms. The Morgan fingerprint density at radius 2 is 1.44 bits per heavy atom. The molecule has 0 aromatic heterocycles. The second-order valence-electron chi connectivity index (χ2n) is 7.83. The number of rotatable bonds is 4. The Morgan fingerprint density at radius 3 is 1.91 bits per heavy atom. The quantitative estimate of drug-likeness (QED) is 0.309. The van der Waals surface area contributed by atoms with Crippen molar-refractivity contribution < 1.29 is 4.79 Å². The number of carbonyl (C=O) groups is 1. The van der Waals surface area contributed by atoms with Gasteiger partial charge in [0.15, 0.2) is 0 Å². The summed E-state index contributed by atoms with van der Waals surface area (Å²) in [6.07, 6.45) is 5.15. The van der Waals surface area contributed by atoms with Crippen molar-refractivity contribution in [2.75, 3.05) is 7.05 Å². The molecule has 0 fully saturated rings. The van der Waals surface area contributed by atoms with Gasteiger partial charge < -0.3 is 5.73 Å². The summed E-state index contributed by atoms with van der Waals surface area (Å²) >= 11 is 0. The lowest BCUT2D eigenvalue weighted by Crippen LogP contribution is -1.94. The summed E-state index contributed by atoms with van der Waals surface area (Å²) in [4.78, 5) is 10.9. The third-order valence-corrected chi connectivity index (χ3v) is 4.90. The number of fused-ring (bicyclic) bond motifs is 1. The molecule has 34 heavy (non-hydrogen) atoms. The highest BCUT2D eigenvalue weighted by atomic mass is 16.1. The average Bonchev–Trinajstić information content (AvgIpc) is 2.88. The van der Waals surface area contributed by atoms with Gasteiger partial charge >= 0.3 is 0 Å². The summed E-state index contributed by atoms with van der Waals surface area (Å²) < 4.78 is 0. The maximum Gasteiger partial charge on any atom is 0.150 e. The van der Waals surface area contributed by atoms with Crippen molar-refractivity contribution in [3.63, 3.8) is 0 Å². The van der Waals surface area contributed by atoms with Gasteiger partial charge in [-0.05, 0) is 66.3 Å². The molecule has 0 radical (unpaired) electrons. The molecule has 0 aliphatic carbocycles. The van der Waals surface area contributed by atoms with Gasteiger partial charge in [0.05, 0.1) is 0 Å². The first-order chi connectivity index (χ1) is 16.4. The minimum Gasteiger partial charge on any atom is -0.333 e. The number of hydrogen-bond donors (Lipinski definition) is 1. The molecule has 0 saturated heterocycles. The molecule has 3 aromatic rings. The van der Waals surface area contributed by atoms with Gasteiger partial charge in [0.1, 0.15) is 6.29 Å². The lowest BCUT2D eigenvalue weighted by Gasteiger charge is -2.10. The monoisotopic (exact) mass is 463 g/mol. The smallest absolute Gasteiger partial charge is 0.150 e. The van der Waals surface area contributed by atoms with Crippen molar-refractivity contribution in [1.29, 1.82) is 0 Å². The molecular formula is C32H49NO. The van der Waals surface area contributed by atoms with E-state index >= 15 is 0 Å². The zero-order chi connectivity index (χ0) is 26.5. The largest absolute Gasteiger partial charge is 0.333 e. The molecule has 0 bridgehead atoms. The van der Waals surface area contributed by atoms with Gasteiger partial charge in [0.2, 0.25) is 0 Å². The zero-order valence-corrected chi connectivity index (χ0v) is 23.4. The number of aldehydes is 1. The van der Waals surface area contributed by atoms with Crippen LogP contribution < -0.4 is 5.73 Å². The molecule has 0 atom stereocenters. The number of nitrogens with two attached hydrogens (primary N) is 1. The third kappa shape index (κ3) is 12.0. The highest BCUT2D eigenvalue weighted by Crippen LogP contribution is 2.23. The van der Waals surface area contributed by atoms with Crippen molar-refractivity contribution in [3.8, 4) is 0 Å². The van der Waals surface area contributed by atoms with E-state index in [4.69, 9.17) is 0 Å². The average molecular weight is 464 g/mol. The Bertz CT molecular complexity index is 954. The fourth-order valence-corrected chi connectivity index (χ4v) is 3.06. The van der Waals surface area contributed by atoms with E-state index in [1.54, 1.807) is 0 Å². The normalized spacial score (nSPS) is 9.82. The molecule has 0 unspecified atom stereocenters. The van der Waals surface area contributed by atoms with Crippen molar-refractivity contribution in [3.05, 3.63) is 89.0 Å². The summed E-state index contributed by atoms with van der Waals surface area (Å²) in [6.45, 7) is 18.7. The third-order valence-electron chi connectivity index (χ3n) is 4.90. The van der Waals surface area contributed by atoms with Crippen molar-refractivity contribution in [1.82, 2.24) is 0 Å². The predicted octanol–water partition coefficient (Wildman–Crippen LogP) is 9.14. The number of benzene rings is 3. The van der Waals surface area contributed by atoms with Crippen molar-refractivity contribution in [2.45, 2.75) is 81.1 Å². The van der Waals surface area contributed by atoms with E-state index in [9.17, 15) is 4.79 Å². The van der Waals surface area contributed by atoms with Gasteiger partial charge in [-0.1, -0.05) is 122 Å². The number of hydrogen-bond acceptors (Lipinski definition) is 2. The lowest BCUT2D eigenvalue weighted by atomic mass is 9.94. The summed E-state index contributed by atoms with van der Waals surface area (Å²) in [5.41, 5.74) is 10.2. The molecule has 0 aliphatic heterocycles. The first-order valence-electron chi connectivity index (χ1n) is 12.7. The van der Waals surface area contributed by atoms with Gasteiger partial charge in [-0.3, -0.25) is 4.79 Å². The summed E-state index contributed by atoms with van der Waals surface area (Å²) in [5, 5.41) is 2.67. The van der Waals surface area contributed by atoms with Crippen molar-refractivity contribution >= 4 is 22.6 Å². The SMILES string of the molecule is C/C=C(/C=O)c1cc(C(C)C)ccc1C.CC.CCC.CCc1ccc2ccccc2c1.CN. The lowest BCUT2D eigenvalue weighted by molar-refractivity contribution is -0.103. The van der Waals surface area contributed by atoms with Crippen LogP contribution in [0.15, 0.2) is 66.7 Å². The molecule has 0 amide bonds. The van der Waals surface area contributed by atoms with Crippen LogP contribution in [0, 0.1) is 6.92 Å². The Balaban J connectivity index is 0. The van der Waals surface area contributed by atoms with Crippen LogP contribution >= 0.6 is 0 Å². The van der Waals surface area contributed by atoms with E-state index in [-0.39, 0.29) is 0 Å². The molecular weight excluding hydrogens is 414 g/mol. The van der Waals surface area contributed by atoms with Gasteiger partial charge in [-0.25, -0.2) is 0 Å². The molecule has 2 N–H and O–H groups in total. The Labute approximate surface area is 210 Å². The first kappa shape index (κ1) is 33.5. The minimum atomic E-state index is 0.495. The Hall–Kier alpha value is -2.71. The topological polar surface area (TPSA) is 43.1 Å². The minimum absolute atomic E-state index is 0.495. The molecule has 0 saturated carbocycles. The van der Waals surface area contributed by atoms with E-state index in [2.05, 4.69) is 101 Å². The fourth-order valence-electron chi connectivity index (χ4n) is 3.06. The molecule has 3 rings (SSSR count). The molecule has 2 nitrogen and oxygen atoms in total. The number of aryl methyl sites for hydroxylation is 2. The van der Waals surface area contributed by atoms with Crippen LogP contribution in [0.1, 0.15) is 90.0 Å². The molecule has 0 aliphatic rings. The summed E-state index contributed by atoms with van der Waals surface area (Å²) in [7, 11) is 1.50. The van der Waals surface area contributed by atoms with Crippen LogP contribution in [-0.4, -0.2) is 13.3 Å². The fraction of sp³-hybridized carbons (Fsp3) is 0.406. The van der Waals surface area contributed by atoms with Gasteiger partial charge in [0.25, 0.3) is 0 Å². The van der Waals surface area contributed by atoms with Crippen molar-refractivity contribution in [2.24, 2.45) is 5.73 Å². The van der Waals surface area contributed by atoms with Crippen LogP contribution in [0.25, 0.3) is 16.3 Å². The molecule has 3 aromatic carbocycles. The zero-order valence-electron chi connectivity index (χ0n) is 23.4. The highest BCUT2D eigenvalue weighted by molar-refractivity contribution is 6.07. The molecule has 188 valence electrons. The second-order valence-corrected chi connectivity index (χ2v) is 7.83. The van der Waals surface area contributed by atoms with Gasteiger partial charge in [0, 0.05) is 5.57 Å². The van der Waals surface area contributed by atoms with Crippen LogP contribution in [-0.2, 0) is 11.2 Å². The van der Waals surface area contributed by atoms with Crippen LogP contribution in [0.4, 0.5) is 0 Å². The van der Waals surface area contributed by atoms with E-state index in [0.29, 0.717) is 5.92 Å². The Kier molecular flexibility index (Phi) is 20.5. The van der Waals surface area contributed by atoms with Crippen LogP contribution in [0.3, 0.4) is 0 Å². The van der Waals surface area contributed by atoms with Crippen LogP contribution in [0.2, 0.25) is 0 Å². The predicted molar refractivity (Wildman–Crippen MR) is 156 cm³/mol. The highest BCUT2D eigenvalue weighted by Gasteiger charge is 2.06. The van der Waals surface area contributed by atoms with E-state index in [1.807, 2.05) is 33.8 Å². The summed E-state index contributed by atoms with van der Waals surface area (Å²) in [5.74, 6) is 0.495. The summed E-state index contributed by atoms with van der Waals surface area (Å²) in [6, 6.07) is 21.4.